The third kappa shape index (κ3) is 72.6. The molecule has 0 bridgehead atoms. The van der Waals surface area contributed by atoms with E-state index < -0.39 is 97.5 Å². The van der Waals surface area contributed by atoms with Crippen molar-refractivity contribution in [2.75, 3.05) is 39.6 Å². The average molecular weight is 1450 g/mol. The lowest BCUT2D eigenvalue weighted by Crippen LogP contribution is -2.30. The summed E-state index contributed by atoms with van der Waals surface area (Å²) >= 11 is 0. The van der Waals surface area contributed by atoms with E-state index in [2.05, 4.69) is 113 Å². The van der Waals surface area contributed by atoms with Crippen LogP contribution in [0.3, 0.4) is 0 Å². The van der Waals surface area contributed by atoms with Crippen LogP contribution in [0.15, 0.2) is 85.1 Å². The van der Waals surface area contributed by atoms with Crippen LogP contribution < -0.4 is 0 Å². The summed E-state index contributed by atoms with van der Waals surface area (Å²) in [5, 5.41) is 10.6. The molecule has 19 heteroatoms. The van der Waals surface area contributed by atoms with E-state index >= 15 is 0 Å². The van der Waals surface area contributed by atoms with Crippen LogP contribution in [0.5, 0.6) is 0 Å². The van der Waals surface area contributed by atoms with Crippen LogP contribution in [0.2, 0.25) is 0 Å². The summed E-state index contributed by atoms with van der Waals surface area (Å²) in [6.07, 6.45) is 75.6. The van der Waals surface area contributed by atoms with Gasteiger partial charge < -0.3 is 33.8 Å². The van der Waals surface area contributed by atoms with Gasteiger partial charge >= 0.3 is 39.5 Å². The van der Waals surface area contributed by atoms with E-state index in [4.69, 9.17) is 37.0 Å². The zero-order valence-electron chi connectivity index (χ0n) is 63.4. The number of rotatable bonds is 75. The molecule has 0 aliphatic carbocycles. The van der Waals surface area contributed by atoms with Gasteiger partial charge in [-0.15, -0.1) is 0 Å². The first-order chi connectivity index (χ1) is 48.7. The van der Waals surface area contributed by atoms with Crippen molar-refractivity contribution in [2.24, 2.45) is 0 Å². The molecule has 0 radical (unpaired) electrons. The second-order valence-electron chi connectivity index (χ2n) is 26.6. The lowest BCUT2D eigenvalue weighted by atomic mass is 10.0. The van der Waals surface area contributed by atoms with Gasteiger partial charge in [0.25, 0.3) is 0 Å². The maximum absolute atomic E-state index is 13.1. The zero-order chi connectivity index (χ0) is 73.2. The van der Waals surface area contributed by atoms with Gasteiger partial charge in [0, 0.05) is 25.7 Å². The van der Waals surface area contributed by atoms with E-state index in [0.717, 1.165) is 173 Å². The van der Waals surface area contributed by atoms with E-state index in [9.17, 15) is 43.2 Å². The van der Waals surface area contributed by atoms with Crippen molar-refractivity contribution in [3.05, 3.63) is 85.1 Å². The molecule has 5 atom stereocenters. The first-order valence-corrected chi connectivity index (χ1v) is 42.8. The molecule has 0 saturated carbocycles. The normalized spacial score (nSPS) is 14.3. The molecule has 0 aromatic heterocycles. The summed E-state index contributed by atoms with van der Waals surface area (Å²) in [7, 11) is -9.95. The number of carbonyl (C=O) groups excluding carboxylic acids is 4. The summed E-state index contributed by atoms with van der Waals surface area (Å²) in [6.45, 7) is 4.72. The van der Waals surface area contributed by atoms with Gasteiger partial charge in [-0.1, -0.05) is 286 Å². The van der Waals surface area contributed by atoms with Crippen molar-refractivity contribution in [1.29, 1.82) is 0 Å². The van der Waals surface area contributed by atoms with Gasteiger partial charge in [-0.2, -0.15) is 0 Å². The number of esters is 4. The number of carbonyl (C=O) groups is 4. The van der Waals surface area contributed by atoms with Crippen molar-refractivity contribution < 1.29 is 80.2 Å². The molecular formula is C81H144O17P2. The van der Waals surface area contributed by atoms with E-state index in [1.807, 2.05) is 0 Å². The van der Waals surface area contributed by atoms with Crippen LogP contribution in [0.4, 0.5) is 0 Å². The van der Waals surface area contributed by atoms with Crippen molar-refractivity contribution in [3.8, 4) is 0 Å². The third-order valence-corrected chi connectivity index (χ3v) is 18.7. The fraction of sp³-hybridized carbons (Fsp3) is 0.778. The second kappa shape index (κ2) is 73.5. The maximum atomic E-state index is 13.1. The van der Waals surface area contributed by atoms with Crippen LogP contribution in [-0.2, 0) is 65.4 Å². The average Bonchev–Trinajstić information content (AvgIpc) is 0.936. The minimum Gasteiger partial charge on any atom is -0.462 e. The number of hydrogen-bond donors (Lipinski definition) is 3. The Bertz CT molecular complexity index is 2230. The quantitative estimate of drug-likeness (QED) is 0.0169. The predicted molar refractivity (Wildman–Crippen MR) is 409 cm³/mol. The number of phosphoric ester groups is 2. The van der Waals surface area contributed by atoms with Crippen molar-refractivity contribution in [2.45, 2.75) is 367 Å². The molecule has 0 heterocycles. The minimum absolute atomic E-state index is 0.0825. The highest BCUT2D eigenvalue weighted by Crippen LogP contribution is 2.45. The molecule has 580 valence electrons. The molecular weight excluding hydrogens is 1310 g/mol. The SMILES string of the molecule is CC/C=C\C/C=C\C/C=C\CCCCCCCC(=O)OCC(COP(=O)(O)OCC(O)COP(=O)(O)OCC(COC(=O)CCCCCCCC/C=C\C/C=C\C/C=C\CCCCC)OC(=O)CCCCCCCCCCCCCCC)OC(=O)CCCCCCC/C=C\CCCCCC. The highest BCUT2D eigenvalue weighted by atomic mass is 31.2. The standard InChI is InChI=1S/C81H144O17P2/c1-5-9-13-17-21-25-29-33-35-36-37-38-40-44-46-50-54-58-62-66-79(84)92-72-77(98-81(86)68-64-60-56-52-48-42-32-28-24-20-16-12-8-4)74-96-100(89,90)94-70-75(82)69-93-99(87,88)95-73-76(97-80(85)67-63-59-55-51-47-41-31-27-23-19-15-11-7-3)71-91-78(83)65-61-57-53-49-45-43-39-34-30-26-22-18-14-10-6-2/h10,14,21-22,25-27,31,33-35,37-39,75-77,82H,5-9,11-13,15-20,23-24,28-30,32,36,40-74H2,1-4H3,(H,87,88)(H,89,90)/b14-10-,25-21-,26-22-,31-27-,35-33-,38-37-,39-34-. The molecule has 0 fully saturated rings. The second-order valence-corrected chi connectivity index (χ2v) is 29.5. The number of aliphatic hydroxyl groups excluding tert-OH is 1. The number of aliphatic hydroxyl groups is 1. The Balaban J connectivity index is 5.33. The number of ether oxygens (including phenoxy) is 4. The van der Waals surface area contributed by atoms with Gasteiger partial charge in [-0.25, -0.2) is 9.13 Å². The Morgan fingerprint density at radius 1 is 0.290 bits per heavy atom. The number of phosphoric acid groups is 2. The Hall–Kier alpha value is -3.76. The molecule has 0 rings (SSSR count). The minimum atomic E-state index is -4.98. The van der Waals surface area contributed by atoms with Crippen molar-refractivity contribution >= 4 is 39.5 Å². The van der Waals surface area contributed by atoms with Crippen molar-refractivity contribution in [1.82, 2.24) is 0 Å². The zero-order valence-corrected chi connectivity index (χ0v) is 65.2. The molecule has 5 unspecified atom stereocenters. The fourth-order valence-corrected chi connectivity index (χ4v) is 12.3. The Morgan fingerprint density at radius 2 is 0.520 bits per heavy atom. The van der Waals surface area contributed by atoms with Crippen LogP contribution in [0.1, 0.15) is 349 Å². The summed E-state index contributed by atoms with van der Waals surface area (Å²) in [5.74, 6) is -2.19. The Morgan fingerprint density at radius 3 is 0.840 bits per heavy atom. The molecule has 3 N–H and O–H groups in total. The Kier molecular flexibility index (Phi) is 70.8. The highest BCUT2D eigenvalue weighted by molar-refractivity contribution is 7.47. The maximum Gasteiger partial charge on any atom is 0.472 e. The summed E-state index contributed by atoms with van der Waals surface area (Å²) in [5.41, 5.74) is 0. The summed E-state index contributed by atoms with van der Waals surface area (Å²) in [4.78, 5) is 72.9. The Labute approximate surface area is 608 Å². The third-order valence-electron chi connectivity index (χ3n) is 16.8. The molecule has 0 aliphatic rings. The lowest BCUT2D eigenvalue weighted by Gasteiger charge is -2.21. The summed E-state index contributed by atoms with van der Waals surface area (Å²) in [6, 6.07) is 0. The molecule has 17 nitrogen and oxygen atoms in total. The van der Waals surface area contributed by atoms with Crippen LogP contribution in [0.25, 0.3) is 0 Å². The predicted octanol–water partition coefficient (Wildman–Crippen LogP) is 23.0. The lowest BCUT2D eigenvalue weighted by molar-refractivity contribution is -0.161. The highest BCUT2D eigenvalue weighted by Gasteiger charge is 2.30. The largest absolute Gasteiger partial charge is 0.472 e. The van der Waals surface area contributed by atoms with E-state index in [1.54, 1.807) is 0 Å². The number of unbranched alkanes of at least 4 members (excludes halogenated alkanes) is 35. The van der Waals surface area contributed by atoms with Gasteiger partial charge in [0.2, 0.25) is 0 Å². The van der Waals surface area contributed by atoms with Crippen molar-refractivity contribution in [3.63, 3.8) is 0 Å². The molecule has 0 aliphatic heterocycles. The summed E-state index contributed by atoms with van der Waals surface area (Å²) < 4.78 is 68.6. The molecule has 0 aromatic carbocycles. The molecule has 0 spiro atoms. The van der Waals surface area contributed by atoms with Crippen LogP contribution in [0, 0.1) is 0 Å². The monoisotopic (exact) mass is 1450 g/mol. The van der Waals surface area contributed by atoms with E-state index in [0.29, 0.717) is 25.7 Å². The van der Waals surface area contributed by atoms with Gasteiger partial charge in [0.1, 0.15) is 19.3 Å². The van der Waals surface area contributed by atoms with Gasteiger partial charge in [-0.3, -0.25) is 37.3 Å². The molecule has 100 heavy (non-hydrogen) atoms. The molecule has 0 amide bonds. The smallest absolute Gasteiger partial charge is 0.462 e. The molecule has 0 saturated heterocycles. The van der Waals surface area contributed by atoms with Gasteiger partial charge in [0.15, 0.2) is 12.2 Å². The van der Waals surface area contributed by atoms with Crippen LogP contribution >= 0.6 is 15.6 Å². The number of allylic oxidation sites excluding steroid dienone is 14. The topological polar surface area (TPSA) is 237 Å². The van der Waals surface area contributed by atoms with E-state index in [-0.39, 0.29) is 25.7 Å². The number of hydrogen-bond acceptors (Lipinski definition) is 15. The van der Waals surface area contributed by atoms with Crippen LogP contribution in [-0.4, -0.2) is 96.7 Å². The van der Waals surface area contributed by atoms with Gasteiger partial charge in [0.05, 0.1) is 26.4 Å². The van der Waals surface area contributed by atoms with Gasteiger partial charge in [-0.05, 0) is 122 Å². The first-order valence-electron chi connectivity index (χ1n) is 39.8. The van der Waals surface area contributed by atoms with E-state index in [1.165, 1.54) is 96.3 Å². The molecule has 0 aromatic rings. The fourth-order valence-electron chi connectivity index (χ4n) is 10.8. The first kappa shape index (κ1) is 96.2.